The number of carbonyl (C=O) groups excluding carboxylic acids is 2. The van der Waals surface area contributed by atoms with Crippen molar-refractivity contribution in [2.45, 2.75) is 31.8 Å². The summed E-state index contributed by atoms with van der Waals surface area (Å²) >= 11 is 3.91. The highest BCUT2D eigenvalue weighted by Crippen LogP contribution is 2.43. The van der Waals surface area contributed by atoms with E-state index in [1.807, 2.05) is 62.5 Å². The minimum Gasteiger partial charge on any atom is -0.347 e. The SMILES string of the molecule is CC(C)(C)C(=O)NCC(=O)Nc1cccc(C2SCCCS2)c1. The standard InChI is InChI=1S/C17H24N2O2S2/c1-17(2,3)16(21)18-11-14(20)19-13-7-4-6-12(10-13)15-22-8-5-9-23-15/h4,6-7,10,15H,5,8-9,11H2,1-3H3,(H,18,21)(H,19,20). The second-order valence-corrected chi connectivity index (χ2v) is 9.26. The maximum absolute atomic E-state index is 12.0. The van der Waals surface area contributed by atoms with Crippen molar-refractivity contribution in [2.75, 3.05) is 23.4 Å². The monoisotopic (exact) mass is 352 g/mol. The zero-order valence-corrected chi connectivity index (χ0v) is 15.5. The molecule has 0 unspecified atom stereocenters. The van der Waals surface area contributed by atoms with E-state index < -0.39 is 5.41 Å². The lowest BCUT2D eigenvalue weighted by Gasteiger charge is -2.21. The van der Waals surface area contributed by atoms with Crippen molar-refractivity contribution < 1.29 is 9.59 Å². The van der Waals surface area contributed by atoms with Gasteiger partial charge in [0.2, 0.25) is 11.8 Å². The van der Waals surface area contributed by atoms with Gasteiger partial charge in [0.1, 0.15) is 0 Å². The van der Waals surface area contributed by atoms with Gasteiger partial charge in [-0.05, 0) is 35.6 Å². The fourth-order valence-electron chi connectivity index (χ4n) is 2.07. The number of carbonyl (C=O) groups is 2. The average Bonchev–Trinajstić information content (AvgIpc) is 2.53. The van der Waals surface area contributed by atoms with E-state index in [-0.39, 0.29) is 18.4 Å². The molecule has 1 aliphatic heterocycles. The second-order valence-electron chi connectivity index (χ2n) is 6.53. The molecule has 0 spiro atoms. The lowest BCUT2D eigenvalue weighted by atomic mass is 9.96. The molecule has 0 saturated carbocycles. The van der Waals surface area contributed by atoms with Crippen LogP contribution in [0, 0.1) is 5.41 Å². The van der Waals surface area contributed by atoms with E-state index in [1.54, 1.807) is 0 Å². The van der Waals surface area contributed by atoms with Crippen molar-refractivity contribution in [3.63, 3.8) is 0 Å². The van der Waals surface area contributed by atoms with Crippen molar-refractivity contribution in [1.82, 2.24) is 5.32 Å². The van der Waals surface area contributed by atoms with E-state index in [0.717, 1.165) is 5.69 Å². The predicted molar refractivity (Wildman–Crippen MR) is 99.8 cm³/mol. The molecule has 23 heavy (non-hydrogen) atoms. The lowest BCUT2D eigenvalue weighted by Crippen LogP contribution is -2.39. The van der Waals surface area contributed by atoms with Gasteiger partial charge >= 0.3 is 0 Å². The van der Waals surface area contributed by atoms with E-state index in [2.05, 4.69) is 16.7 Å². The Kier molecular flexibility index (Phi) is 6.41. The molecule has 2 rings (SSSR count). The number of amides is 2. The fraction of sp³-hybridized carbons (Fsp3) is 0.529. The summed E-state index contributed by atoms with van der Waals surface area (Å²) in [6.07, 6.45) is 1.26. The zero-order chi connectivity index (χ0) is 16.9. The van der Waals surface area contributed by atoms with Crippen LogP contribution in [0.2, 0.25) is 0 Å². The first kappa shape index (κ1) is 18.2. The summed E-state index contributed by atoms with van der Waals surface area (Å²) in [4.78, 5) is 23.8. The molecule has 0 atom stereocenters. The number of hydrogen-bond acceptors (Lipinski definition) is 4. The summed E-state index contributed by atoms with van der Waals surface area (Å²) in [5.41, 5.74) is 1.52. The van der Waals surface area contributed by atoms with Gasteiger partial charge in [0.05, 0.1) is 11.1 Å². The van der Waals surface area contributed by atoms with Crippen LogP contribution < -0.4 is 10.6 Å². The van der Waals surface area contributed by atoms with Gasteiger partial charge in [0.25, 0.3) is 0 Å². The Morgan fingerprint density at radius 3 is 2.57 bits per heavy atom. The van der Waals surface area contributed by atoms with Crippen molar-refractivity contribution >= 4 is 41.0 Å². The second kappa shape index (κ2) is 8.11. The molecule has 126 valence electrons. The molecule has 4 nitrogen and oxygen atoms in total. The Hall–Kier alpha value is -1.14. The maximum atomic E-state index is 12.0. The molecule has 1 fully saturated rings. The van der Waals surface area contributed by atoms with Gasteiger partial charge in [-0.15, -0.1) is 23.5 Å². The smallest absolute Gasteiger partial charge is 0.243 e. The lowest BCUT2D eigenvalue weighted by molar-refractivity contribution is -0.130. The molecule has 0 radical (unpaired) electrons. The first-order valence-electron chi connectivity index (χ1n) is 7.77. The van der Waals surface area contributed by atoms with Gasteiger partial charge in [-0.3, -0.25) is 9.59 Å². The van der Waals surface area contributed by atoms with E-state index in [1.165, 1.54) is 23.5 Å². The molecule has 0 aromatic heterocycles. The summed E-state index contributed by atoms with van der Waals surface area (Å²) in [7, 11) is 0. The van der Waals surface area contributed by atoms with Crippen LogP contribution in [-0.4, -0.2) is 29.9 Å². The van der Waals surface area contributed by atoms with Crippen molar-refractivity contribution in [1.29, 1.82) is 0 Å². The van der Waals surface area contributed by atoms with Gasteiger partial charge < -0.3 is 10.6 Å². The molecule has 1 aliphatic rings. The first-order valence-corrected chi connectivity index (χ1v) is 9.87. The van der Waals surface area contributed by atoms with Crippen LogP contribution in [0.4, 0.5) is 5.69 Å². The van der Waals surface area contributed by atoms with E-state index in [9.17, 15) is 9.59 Å². The molecule has 1 aromatic rings. The third-order valence-electron chi connectivity index (χ3n) is 3.36. The highest BCUT2D eigenvalue weighted by molar-refractivity contribution is 8.16. The number of anilines is 1. The molecule has 0 bridgehead atoms. The van der Waals surface area contributed by atoms with E-state index in [4.69, 9.17) is 0 Å². The largest absolute Gasteiger partial charge is 0.347 e. The van der Waals surface area contributed by atoms with Crippen molar-refractivity contribution in [3.8, 4) is 0 Å². The van der Waals surface area contributed by atoms with Gasteiger partial charge in [0, 0.05) is 11.1 Å². The molecular weight excluding hydrogens is 328 g/mol. The number of thioether (sulfide) groups is 2. The van der Waals surface area contributed by atoms with Gasteiger partial charge in [-0.2, -0.15) is 0 Å². The van der Waals surface area contributed by atoms with Crippen LogP contribution in [0.25, 0.3) is 0 Å². The minimum absolute atomic E-state index is 0.00669. The Labute approximate surface area is 146 Å². The van der Waals surface area contributed by atoms with Crippen LogP contribution in [0.1, 0.15) is 37.3 Å². The molecule has 1 aromatic carbocycles. The van der Waals surface area contributed by atoms with Crippen LogP contribution in [0.3, 0.4) is 0 Å². The van der Waals surface area contributed by atoms with Crippen LogP contribution in [0.5, 0.6) is 0 Å². The topological polar surface area (TPSA) is 58.2 Å². The quantitative estimate of drug-likeness (QED) is 0.868. The Morgan fingerprint density at radius 1 is 1.22 bits per heavy atom. The number of nitrogens with one attached hydrogen (secondary N) is 2. The number of hydrogen-bond donors (Lipinski definition) is 2. The Balaban J connectivity index is 1.89. The van der Waals surface area contributed by atoms with E-state index in [0.29, 0.717) is 4.58 Å². The van der Waals surface area contributed by atoms with Crippen LogP contribution >= 0.6 is 23.5 Å². The molecule has 6 heteroatoms. The molecule has 1 saturated heterocycles. The van der Waals surface area contributed by atoms with E-state index >= 15 is 0 Å². The molecule has 2 N–H and O–H groups in total. The van der Waals surface area contributed by atoms with Crippen molar-refractivity contribution in [2.24, 2.45) is 5.41 Å². The Bertz CT molecular complexity index is 564. The van der Waals surface area contributed by atoms with Crippen molar-refractivity contribution in [3.05, 3.63) is 29.8 Å². The fourth-order valence-corrected chi connectivity index (χ4v) is 4.95. The third-order valence-corrected chi connectivity index (χ3v) is 6.38. The summed E-state index contributed by atoms with van der Waals surface area (Å²) in [6.45, 7) is 5.46. The van der Waals surface area contributed by atoms with Crippen LogP contribution in [-0.2, 0) is 9.59 Å². The first-order chi connectivity index (χ1) is 10.9. The molecule has 0 aliphatic carbocycles. The Morgan fingerprint density at radius 2 is 1.91 bits per heavy atom. The summed E-state index contributed by atoms with van der Waals surface area (Å²) in [6, 6.07) is 7.98. The molecule has 2 amide bonds. The highest BCUT2D eigenvalue weighted by Gasteiger charge is 2.21. The van der Waals surface area contributed by atoms with Gasteiger partial charge in [-0.25, -0.2) is 0 Å². The average molecular weight is 353 g/mol. The molecular formula is C17H24N2O2S2. The summed E-state index contributed by atoms with van der Waals surface area (Å²) in [5.74, 6) is 2.04. The maximum Gasteiger partial charge on any atom is 0.243 e. The third kappa shape index (κ3) is 5.77. The minimum atomic E-state index is -0.490. The van der Waals surface area contributed by atoms with Gasteiger partial charge in [-0.1, -0.05) is 32.9 Å². The highest BCUT2D eigenvalue weighted by atomic mass is 32.2. The summed E-state index contributed by atoms with van der Waals surface area (Å²) < 4.78 is 0.446. The van der Waals surface area contributed by atoms with Crippen LogP contribution in [0.15, 0.2) is 24.3 Å². The zero-order valence-electron chi connectivity index (χ0n) is 13.8. The normalized spacial score (nSPS) is 16.0. The number of rotatable bonds is 4. The molecule has 1 heterocycles. The van der Waals surface area contributed by atoms with Gasteiger partial charge in [0.15, 0.2) is 0 Å². The summed E-state index contributed by atoms with van der Waals surface area (Å²) in [5, 5.41) is 5.52. The predicted octanol–water partition coefficient (Wildman–Crippen LogP) is 3.66. The number of benzene rings is 1.